The maximum atomic E-state index is 12.4. The third-order valence-corrected chi connectivity index (χ3v) is 8.48. The van der Waals surface area contributed by atoms with Gasteiger partial charge in [-0.25, -0.2) is 9.59 Å². The number of carboxylic acids is 1. The zero-order valence-corrected chi connectivity index (χ0v) is 24.5. The van der Waals surface area contributed by atoms with E-state index >= 15 is 0 Å². The third-order valence-electron chi connectivity index (χ3n) is 7.38. The Balaban J connectivity index is 1.28. The van der Waals surface area contributed by atoms with Crippen LogP contribution < -0.4 is 10.6 Å². The van der Waals surface area contributed by atoms with E-state index in [9.17, 15) is 19.8 Å². The Kier molecular flexibility index (Phi) is 10.1. The minimum Gasteiger partial charge on any atom is -0.478 e. The standard InChI is InChI=1S/C34H34N2O6S/c1-22-30(21-43-29-17-13-26(14-18-29)32(38)39)41-33(42-31(22)25-9-7-24(20-37)8-10-25)27-11-15-28(16-12-27)36-34(40)35-19-23-5-3-2-4-6-23/h2-18,22,30-31,33,37H,19-21H2,1H3,(H,38,39)(H2,35,36,40). The SMILES string of the molecule is CC1C(CSc2ccc(C(=O)O)cc2)OC(c2ccc(NC(=O)NCc3ccccc3)cc2)OC1c1ccc(CO)cc1. The molecule has 1 aliphatic heterocycles. The third kappa shape index (κ3) is 8.03. The molecule has 2 amide bonds. The molecule has 4 aromatic carbocycles. The quantitative estimate of drug-likeness (QED) is 0.149. The molecule has 0 bridgehead atoms. The van der Waals surface area contributed by atoms with Crippen LogP contribution >= 0.6 is 11.8 Å². The van der Waals surface area contributed by atoms with Gasteiger partial charge in [-0.2, -0.15) is 0 Å². The van der Waals surface area contributed by atoms with Gasteiger partial charge in [0.1, 0.15) is 0 Å². The van der Waals surface area contributed by atoms with Gasteiger partial charge in [0.25, 0.3) is 0 Å². The van der Waals surface area contributed by atoms with Crippen LogP contribution in [-0.4, -0.2) is 34.1 Å². The van der Waals surface area contributed by atoms with Crippen LogP contribution in [0, 0.1) is 5.92 Å². The molecular weight excluding hydrogens is 564 g/mol. The highest BCUT2D eigenvalue weighted by Gasteiger charge is 2.38. The number of thioether (sulfide) groups is 1. The summed E-state index contributed by atoms with van der Waals surface area (Å²) in [4.78, 5) is 24.6. The lowest BCUT2D eigenvalue weighted by atomic mass is 9.91. The van der Waals surface area contributed by atoms with E-state index in [-0.39, 0.29) is 36.3 Å². The lowest BCUT2D eigenvalue weighted by Crippen LogP contribution is -2.38. The number of nitrogens with one attached hydrogen (secondary N) is 2. The number of carbonyl (C=O) groups is 2. The molecule has 0 aliphatic carbocycles. The second-order valence-electron chi connectivity index (χ2n) is 10.4. The predicted octanol–water partition coefficient (Wildman–Crippen LogP) is 6.78. The Labute approximate surface area is 255 Å². The molecule has 1 fully saturated rings. The molecule has 8 nitrogen and oxygen atoms in total. The Hall–Kier alpha value is -4.15. The molecule has 222 valence electrons. The average molecular weight is 599 g/mol. The fourth-order valence-corrected chi connectivity index (χ4v) is 5.93. The summed E-state index contributed by atoms with van der Waals surface area (Å²) in [7, 11) is 0. The van der Waals surface area contributed by atoms with Crippen molar-refractivity contribution in [2.45, 2.75) is 43.5 Å². The number of aliphatic hydroxyl groups excluding tert-OH is 1. The van der Waals surface area contributed by atoms with E-state index in [2.05, 4.69) is 17.6 Å². The Morgan fingerprint density at radius 2 is 1.49 bits per heavy atom. The van der Waals surface area contributed by atoms with Gasteiger partial charge in [0.2, 0.25) is 0 Å². The maximum absolute atomic E-state index is 12.4. The molecule has 4 unspecified atom stereocenters. The number of urea groups is 1. The second kappa shape index (κ2) is 14.3. The van der Waals surface area contributed by atoms with Crippen LogP contribution in [0.2, 0.25) is 0 Å². The van der Waals surface area contributed by atoms with Gasteiger partial charge in [0.05, 0.1) is 24.4 Å². The van der Waals surface area contributed by atoms with Gasteiger partial charge < -0.3 is 30.3 Å². The summed E-state index contributed by atoms with van der Waals surface area (Å²) in [5.74, 6) is -0.305. The van der Waals surface area contributed by atoms with Gasteiger partial charge in [-0.15, -0.1) is 11.8 Å². The van der Waals surface area contributed by atoms with Crippen LogP contribution in [0.4, 0.5) is 10.5 Å². The van der Waals surface area contributed by atoms with Crippen molar-refractivity contribution in [2.24, 2.45) is 5.92 Å². The first-order chi connectivity index (χ1) is 20.9. The molecule has 4 N–H and O–H groups in total. The monoisotopic (exact) mass is 598 g/mol. The summed E-state index contributed by atoms with van der Waals surface area (Å²) < 4.78 is 13.0. The van der Waals surface area contributed by atoms with Crippen molar-refractivity contribution in [1.82, 2.24) is 5.32 Å². The number of carboxylic acid groups (broad SMARTS) is 1. The van der Waals surface area contributed by atoms with Gasteiger partial charge in [0.15, 0.2) is 6.29 Å². The minimum atomic E-state index is -0.954. The summed E-state index contributed by atoms with van der Waals surface area (Å²) in [6.45, 7) is 2.49. The van der Waals surface area contributed by atoms with Gasteiger partial charge in [-0.1, -0.05) is 73.7 Å². The van der Waals surface area contributed by atoms with Crippen molar-refractivity contribution in [3.05, 3.63) is 131 Å². The van der Waals surface area contributed by atoms with E-state index in [1.807, 2.05) is 91.0 Å². The van der Waals surface area contributed by atoms with Gasteiger partial charge >= 0.3 is 12.0 Å². The molecule has 0 saturated carbocycles. The number of carbonyl (C=O) groups excluding carboxylic acids is 1. The normalized spacial score (nSPS) is 19.9. The van der Waals surface area contributed by atoms with E-state index in [1.54, 1.807) is 23.9 Å². The topological polar surface area (TPSA) is 117 Å². The Morgan fingerprint density at radius 1 is 0.814 bits per heavy atom. The van der Waals surface area contributed by atoms with Crippen LogP contribution in [0.1, 0.15) is 51.9 Å². The Morgan fingerprint density at radius 3 is 2.14 bits per heavy atom. The van der Waals surface area contributed by atoms with E-state index in [1.165, 1.54) is 0 Å². The van der Waals surface area contributed by atoms with E-state index in [0.29, 0.717) is 18.0 Å². The Bertz CT molecular complexity index is 1500. The molecule has 1 aliphatic rings. The van der Waals surface area contributed by atoms with Gasteiger partial charge in [-0.3, -0.25) is 0 Å². The average Bonchev–Trinajstić information content (AvgIpc) is 3.04. The van der Waals surface area contributed by atoms with Crippen molar-refractivity contribution in [3.8, 4) is 0 Å². The fourth-order valence-electron chi connectivity index (χ4n) is 4.86. The summed E-state index contributed by atoms with van der Waals surface area (Å²) in [6.07, 6.45) is -1.07. The zero-order chi connectivity index (χ0) is 30.2. The first kappa shape index (κ1) is 30.3. The molecule has 1 heterocycles. The fraction of sp³-hybridized carbons (Fsp3) is 0.235. The first-order valence-corrected chi connectivity index (χ1v) is 15.0. The smallest absolute Gasteiger partial charge is 0.335 e. The van der Waals surface area contributed by atoms with Crippen molar-refractivity contribution in [1.29, 1.82) is 0 Å². The van der Waals surface area contributed by atoms with Crippen LogP contribution in [0.5, 0.6) is 0 Å². The molecular formula is C34H34N2O6S. The second-order valence-corrected chi connectivity index (χ2v) is 11.5. The van der Waals surface area contributed by atoms with Gasteiger partial charge in [-0.05, 0) is 53.1 Å². The van der Waals surface area contributed by atoms with E-state index in [0.717, 1.165) is 27.1 Å². The van der Waals surface area contributed by atoms with Crippen LogP contribution in [0.3, 0.4) is 0 Å². The molecule has 1 saturated heterocycles. The highest BCUT2D eigenvalue weighted by atomic mass is 32.2. The number of aliphatic hydroxyl groups is 1. The highest BCUT2D eigenvalue weighted by Crippen LogP contribution is 2.43. The summed E-state index contributed by atoms with van der Waals surface area (Å²) in [5.41, 5.74) is 4.55. The molecule has 0 radical (unpaired) electrons. The maximum Gasteiger partial charge on any atom is 0.335 e. The molecule has 0 aromatic heterocycles. The van der Waals surface area contributed by atoms with Crippen molar-refractivity contribution >= 4 is 29.4 Å². The van der Waals surface area contributed by atoms with Crippen LogP contribution in [-0.2, 0) is 22.6 Å². The van der Waals surface area contributed by atoms with E-state index < -0.39 is 12.3 Å². The van der Waals surface area contributed by atoms with Gasteiger partial charge in [0, 0.05) is 34.4 Å². The van der Waals surface area contributed by atoms with Crippen molar-refractivity contribution < 1.29 is 29.3 Å². The molecule has 5 rings (SSSR count). The molecule has 9 heteroatoms. The van der Waals surface area contributed by atoms with E-state index in [4.69, 9.17) is 9.47 Å². The zero-order valence-electron chi connectivity index (χ0n) is 23.7. The highest BCUT2D eigenvalue weighted by molar-refractivity contribution is 7.99. The number of ether oxygens (including phenoxy) is 2. The summed E-state index contributed by atoms with van der Waals surface area (Å²) in [6, 6.07) is 31.4. The predicted molar refractivity (Wildman–Crippen MR) is 166 cm³/mol. The minimum absolute atomic E-state index is 0.0104. The van der Waals surface area contributed by atoms with Crippen molar-refractivity contribution in [3.63, 3.8) is 0 Å². The molecule has 43 heavy (non-hydrogen) atoms. The molecule has 0 spiro atoms. The number of benzene rings is 4. The summed E-state index contributed by atoms with van der Waals surface area (Å²) >= 11 is 1.60. The van der Waals surface area contributed by atoms with Crippen molar-refractivity contribution in [2.75, 3.05) is 11.1 Å². The number of amides is 2. The molecule has 4 atom stereocenters. The van der Waals surface area contributed by atoms with Crippen LogP contribution in [0.15, 0.2) is 108 Å². The van der Waals surface area contributed by atoms with Crippen LogP contribution in [0.25, 0.3) is 0 Å². The first-order valence-electron chi connectivity index (χ1n) is 14.0. The largest absolute Gasteiger partial charge is 0.478 e. The number of anilines is 1. The number of hydrogen-bond acceptors (Lipinski definition) is 6. The molecule has 4 aromatic rings. The lowest BCUT2D eigenvalue weighted by molar-refractivity contribution is -0.268. The number of aromatic carboxylic acids is 1. The lowest BCUT2D eigenvalue weighted by Gasteiger charge is -2.41. The number of hydrogen-bond donors (Lipinski definition) is 4. The summed E-state index contributed by atoms with van der Waals surface area (Å²) in [5, 5.41) is 24.4. The number of rotatable bonds is 10.